The number of piperidine rings is 1. The van der Waals surface area contributed by atoms with Crippen LogP contribution in [-0.2, 0) is 16.1 Å². The SMILES string of the molecule is CN=C(NCc1ccc(OC(C)C)cc1)N1CCC(C(=O)OC)CC1. The number of rotatable bonds is 5. The first kappa shape index (κ1) is 19.1. The number of carbonyl (C=O) groups excluding carboxylic acids is 1. The van der Waals surface area contributed by atoms with Crippen molar-refractivity contribution in [2.75, 3.05) is 27.2 Å². The number of methoxy groups -OCH3 is 1. The fourth-order valence-electron chi connectivity index (χ4n) is 2.97. The summed E-state index contributed by atoms with van der Waals surface area (Å²) in [7, 11) is 3.24. The third-order valence-electron chi connectivity index (χ3n) is 4.29. The molecule has 0 aromatic heterocycles. The molecule has 6 nitrogen and oxygen atoms in total. The molecule has 25 heavy (non-hydrogen) atoms. The van der Waals surface area contributed by atoms with Gasteiger partial charge in [-0.3, -0.25) is 9.79 Å². The summed E-state index contributed by atoms with van der Waals surface area (Å²) in [5.74, 6) is 1.65. The number of esters is 1. The molecule has 0 aliphatic carbocycles. The Labute approximate surface area is 150 Å². The topological polar surface area (TPSA) is 63.2 Å². The predicted octanol–water partition coefficient (Wildman–Crippen LogP) is 2.43. The fraction of sp³-hybridized carbons (Fsp3) is 0.579. The summed E-state index contributed by atoms with van der Waals surface area (Å²) < 4.78 is 10.5. The molecule has 0 unspecified atom stereocenters. The van der Waals surface area contributed by atoms with Crippen molar-refractivity contribution in [2.45, 2.75) is 39.3 Å². The van der Waals surface area contributed by atoms with Crippen molar-refractivity contribution in [3.63, 3.8) is 0 Å². The number of hydrogen-bond donors (Lipinski definition) is 1. The van der Waals surface area contributed by atoms with Crippen LogP contribution < -0.4 is 10.1 Å². The van der Waals surface area contributed by atoms with Crippen LogP contribution >= 0.6 is 0 Å². The zero-order chi connectivity index (χ0) is 18.2. The van der Waals surface area contributed by atoms with E-state index >= 15 is 0 Å². The largest absolute Gasteiger partial charge is 0.491 e. The first-order chi connectivity index (χ1) is 12.0. The van der Waals surface area contributed by atoms with E-state index in [0.717, 1.165) is 37.6 Å². The lowest BCUT2D eigenvalue weighted by Crippen LogP contribution is -2.46. The molecule has 0 bridgehead atoms. The van der Waals surface area contributed by atoms with Crippen LogP contribution in [0.15, 0.2) is 29.3 Å². The number of likely N-dealkylation sites (tertiary alicyclic amines) is 1. The molecule has 0 atom stereocenters. The van der Waals surface area contributed by atoms with Crippen molar-refractivity contribution in [3.05, 3.63) is 29.8 Å². The van der Waals surface area contributed by atoms with Gasteiger partial charge in [0.25, 0.3) is 0 Å². The van der Waals surface area contributed by atoms with Gasteiger partial charge in [-0.05, 0) is 44.4 Å². The molecule has 2 rings (SSSR count). The quantitative estimate of drug-likeness (QED) is 0.503. The van der Waals surface area contributed by atoms with Crippen LogP contribution in [0.4, 0.5) is 0 Å². The molecule has 0 radical (unpaired) electrons. The number of nitrogens with zero attached hydrogens (tertiary/aromatic N) is 2. The minimum Gasteiger partial charge on any atom is -0.491 e. The maximum atomic E-state index is 11.6. The van der Waals surface area contributed by atoms with Gasteiger partial charge in [-0.15, -0.1) is 0 Å². The average Bonchev–Trinajstić information content (AvgIpc) is 2.63. The minimum absolute atomic E-state index is 0.00728. The van der Waals surface area contributed by atoms with E-state index in [1.165, 1.54) is 12.7 Å². The van der Waals surface area contributed by atoms with Crippen LogP contribution in [0.25, 0.3) is 0 Å². The Morgan fingerprint density at radius 3 is 2.44 bits per heavy atom. The van der Waals surface area contributed by atoms with Gasteiger partial charge in [-0.1, -0.05) is 12.1 Å². The second-order valence-corrected chi connectivity index (χ2v) is 6.50. The smallest absolute Gasteiger partial charge is 0.308 e. The summed E-state index contributed by atoms with van der Waals surface area (Å²) in [5, 5.41) is 3.39. The molecule has 1 aromatic carbocycles. The molecule has 1 aliphatic heterocycles. The van der Waals surface area contributed by atoms with Gasteiger partial charge >= 0.3 is 5.97 Å². The second-order valence-electron chi connectivity index (χ2n) is 6.50. The number of guanidine groups is 1. The summed E-state index contributed by atoms with van der Waals surface area (Å²) in [6.07, 6.45) is 1.78. The molecular formula is C19H29N3O3. The molecule has 0 amide bonds. The van der Waals surface area contributed by atoms with E-state index in [0.29, 0.717) is 6.54 Å². The van der Waals surface area contributed by atoms with Crippen LogP contribution in [0.1, 0.15) is 32.3 Å². The molecule has 0 spiro atoms. The number of carbonyl (C=O) groups is 1. The average molecular weight is 347 g/mol. The summed E-state index contributed by atoms with van der Waals surface area (Å²) in [5.41, 5.74) is 1.17. The highest BCUT2D eigenvalue weighted by molar-refractivity contribution is 5.80. The van der Waals surface area contributed by atoms with E-state index in [1.807, 2.05) is 26.0 Å². The summed E-state index contributed by atoms with van der Waals surface area (Å²) in [6.45, 7) is 6.35. The highest BCUT2D eigenvalue weighted by atomic mass is 16.5. The molecule has 1 aliphatic rings. The third-order valence-corrected chi connectivity index (χ3v) is 4.29. The maximum absolute atomic E-state index is 11.6. The molecule has 1 fully saturated rings. The summed E-state index contributed by atoms with van der Waals surface area (Å²) in [4.78, 5) is 18.2. The number of benzene rings is 1. The zero-order valence-electron chi connectivity index (χ0n) is 15.6. The van der Waals surface area contributed by atoms with Gasteiger partial charge < -0.3 is 19.7 Å². The summed E-state index contributed by atoms with van der Waals surface area (Å²) in [6, 6.07) is 8.09. The first-order valence-electron chi connectivity index (χ1n) is 8.82. The van der Waals surface area contributed by atoms with E-state index in [1.54, 1.807) is 7.05 Å². The van der Waals surface area contributed by atoms with Crippen molar-refractivity contribution in [1.29, 1.82) is 0 Å². The van der Waals surface area contributed by atoms with Gasteiger partial charge in [-0.2, -0.15) is 0 Å². The van der Waals surface area contributed by atoms with Crippen molar-refractivity contribution >= 4 is 11.9 Å². The van der Waals surface area contributed by atoms with Gasteiger partial charge in [0.1, 0.15) is 5.75 Å². The Morgan fingerprint density at radius 2 is 1.92 bits per heavy atom. The van der Waals surface area contributed by atoms with E-state index in [2.05, 4.69) is 27.3 Å². The lowest BCUT2D eigenvalue weighted by Gasteiger charge is -2.33. The molecule has 138 valence electrons. The molecule has 0 saturated carbocycles. The van der Waals surface area contributed by atoms with E-state index < -0.39 is 0 Å². The standard InChI is InChI=1S/C19H29N3O3/c1-14(2)25-17-7-5-15(6-8-17)13-21-19(20-3)22-11-9-16(10-12-22)18(23)24-4/h5-8,14,16H,9-13H2,1-4H3,(H,20,21). The highest BCUT2D eigenvalue weighted by Gasteiger charge is 2.26. The summed E-state index contributed by atoms with van der Waals surface area (Å²) >= 11 is 0. The van der Waals surface area contributed by atoms with E-state index in [4.69, 9.17) is 9.47 Å². The second kappa shape index (κ2) is 9.30. The van der Waals surface area contributed by atoms with Gasteiger partial charge in [0.2, 0.25) is 0 Å². The molecule has 6 heteroatoms. The molecule has 1 heterocycles. The van der Waals surface area contributed by atoms with E-state index in [9.17, 15) is 4.79 Å². The molecular weight excluding hydrogens is 318 g/mol. The lowest BCUT2D eigenvalue weighted by atomic mass is 9.97. The number of ether oxygens (including phenoxy) is 2. The molecule has 1 saturated heterocycles. The number of nitrogens with one attached hydrogen (secondary N) is 1. The van der Waals surface area contributed by atoms with Crippen LogP contribution in [0.5, 0.6) is 5.75 Å². The Morgan fingerprint density at radius 1 is 1.28 bits per heavy atom. The Balaban J connectivity index is 1.84. The van der Waals surface area contributed by atoms with Crippen molar-refractivity contribution in [1.82, 2.24) is 10.2 Å². The zero-order valence-corrected chi connectivity index (χ0v) is 15.6. The number of aliphatic imine (C=N–C) groups is 1. The first-order valence-corrected chi connectivity index (χ1v) is 8.82. The van der Waals surface area contributed by atoms with Crippen LogP contribution in [0, 0.1) is 5.92 Å². The number of hydrogen-bond acceptors (Lipinski definition) is 4. The third kappa shape index (κ3) is 5.66. The van der Waals surface area contributed by atoms with E-state index in [-0.39, 0.29) is 18.0 Å². The highest BCUT2D eigenvalue weighted by Crippen LogP contribution is 2.19. The van der Waals surface area contributed by atoms with Gasteiger partial charge in [0.05, 0.1) is 19.1 Å². The van der Waals surface area contributed by atoms with Crippen molar-refractivity contribution in [3.8, 4) is 5.75 Å². The van der Waals surface area contributed by atoms with Crippen LogP contribution in [0.2, 0.25) is 0 Å². The van der Waals surface area contributed by atoms with Crippen LogP contribution in [-0.4, -0.2) is 50.2 Å². The monoisotopic (exact) mass is 347 g/mol. The van der Waals surface area contributed by atoms with Crippen molar-refractivity contribution in [2.24, 2.45) is 10.9 Å². The Bertz CT molecular complexity index is 576. The molecule has 1 N–H and O–H groups in total. The van der Waals surface area contributed by atoms with Crippen LogP contribution in [0.3, 0.4) is 0 Å². The Hall–Kier alpha value is -2.24. The predicted molar refractivity (Wildman–Crippen MR) is 98.7 cm³/mol. The van der Waals surface area contributed by atoms with Crippen molar-refractivity contribution < 1.29 is 14.3 Å². The van der Waals surface area contributed by atoms with Gasteiger partial charge in [0, 0.05) is 26.7 Å². The Kier molecular flexibility index (Phi) is 7.10. The normalized spacial score (nSPS) is 16.0. The minimum atomic E-state index is -0.105. The maximum Gasteiger partial charge on any atom is 0.308 e. The lowest BCUT2D eigenvalue weighted by molar-refractivity contribution is -0.146. The van der Waals surface area contributed by atoms with Gasteiger partial charge in [0.15, 0.2) is 5.96 Å². The van der Waals surface area contributed by atoms with Gasteiger partial charge in [-0.25, -0.2) is 0 Å². The fourth-order valence-corrected chi connectivity index (χ4v) is 2.97. The molecule has 1 aromatic rings.